The molecule has 0 radical (unpaired) electrons. The van der Waals surface area contributed by atoms with Crippen LogP contribution in [0, 0.1) is 6.92 Å². The lowest BCUT2D eigenvalue weighted by molar-refractivity contribution is 1.25. The van der Waals surface area contributed by atoms with Gasteiger partial charge in [0.1, 0.15) is 5.82 Å². The number of hydrogen-bond acceptors (Lipinski definition) is 2. The Kier molecular flexibility index (Phi) is 4.07. The third-order valence-corrected chi connectivity index (χ3v) is 4.19. The molecule has 1 heterocycles. The fourth-order valence-electron chi connectivity index (χ4n) is 1.35. The summed E-state index contributed by atoms with van der Waals surface area (Å²) < 4.78 is 1.89. The van der Waals surface area contributed by atoms with Gasteiger partial charge in [-0.05, 0) is 68.6 Å². The molecule has 0 spiro atoms. The van der Waals surface area contributed by atoms with E-state index in [9.17, 15) is 0 Å². The first-order valence-corrected chi connectivity index (χ1v) is 6.87. The number of rotatable bonds is 2. The maximum atomic E-state index is 5.96. The molecule has 2 nitrogen and oxygen atoms in total. The van der Waals surface area contributed by atoms with E-state index in [1.54, 1.807) is 6.20 Å². The zero-order valence-electron chi connectivity index (χ0n) is 8.97. The van der Waals surface area contributed by atoms with E-state index < -0.39 is 0 Å². The Morgan fingerprint density at radius 1 is 1.24 bits per heavy atom. The molecule has 0 bridgehead atoms. The van der Waals surface area contributed by atoms with Crippen molar-refractivity contribution in [2.45, 2.75) is 6.92 Å². The Labute approximate surface area is 122 Å². The molecular formula is C12H9Br2ClN2. The Balaban J connectivity index is 2.38. The van der Waals surface area contributed by atoms with Gasteiger partial charge in [0, 0.05) is 15.7 Å². The van der Waals surface area contributed by atoms with Gasteiger partial charge in [0.2, 0.25) is 0 Å². The number of nitrogens with one attached hydrogen (secondary N) is 1. The van der Waals surface area contributed by atoms with Gasteiger partial charge in [-0.3, -0.25) is 0 Å². The van der Waals surface area contributed by atoms with E-state index in [0.717, 1.165) is 26.0 Å². The van der Waals surface area contributed by atoms with Gasteiger partial charge in [-0.2, -0.15) is 0 Å². The molecule has 0 atom stereocenters. The summed E-state index contributed by atoms with van der Waals surface area (Å²) in [7, 11) is 0. The SMILES string of the molecule is Cc1ccnc(Nc2cc(Cl)ccc2Br)c1Br. The largest absolute Gasteiger partial charge is 0.338 e. The topological polar surface area (TPSA) is 24.9 Å². The number of aryl methyl sites for hydroxylation is 1. The molecule has 0 aliphatic heterocycles. The molecule has 0 amide bonds. The minimum atomic E-state index is 0.680. The lowest BCUT2D eigenvalue weighted by Crippen LogP contribution is -1.96. The second kappa shape index (κ2) is 5.38. The standard InChI is InChI=1S/C12H9Br2ClN2/c1-7-4-5-16-12(11(7)14)17-10-6-8(15)2-3-9(10)13/h2-6H,1H3,(H,16,17). The molecule has 1 aromatic carbocycles. The number of benzene rings is 1. The van der Waals surface area contributed by atoms with Gasteiger partial charge in [-0.1, -0.05) is 11.6 Å². The first kappa shape index (κ1) is 12.9. The molecule has 2 aromatic rings. The van der Waals surface area contributed by atoms with Crippen LogP contribution in [-0.4, -0.2) is 4.98 Å². The second-order valence-electron chi connectivity index (χ2n) is 3.54. The monoisotopic (exact) mass is 374 g/mol. The van der Waals surface area contributed by atoms with Crippen LogP contribution in [0.1, 0.15) is 5.56 Å². The highest BCUT2D eigenvalue weighted by atomic mass is 79.9. The van der Waals surface area contributed by atoms with E-state index in [1.807, 2.05) is 31.2 Å². The number of anilines is 2. The first-order chi connectivity index (χ1) is 8.08. The Bertz CT molecular complexity index is 558. The predicted octanol–water partition coefficient (Wildman–Crippen LogP) is 5.31. The van der Waals surface area contributed by atoms with Gasteiger partial charge < -0.3 is 5.32 Å². The van der Waals surface area contributed by atoms with E-state index in [-0.39, 0.29) is 0 Å². The van der Waals surface area contributed by atoms with Crippen LogP contribution in [0.25, 0.3) is 0 Å². The molecule has 1 N–H and O–H groups in total. The third-order valence-electron chi connectivity index (χ3n) is 2.26. The second-order valence-corrected chi connectivity index (χ2v) is 5.62. The van der Waals surface area contributed by atoms with Crippen LogP contribution in [-0.2, 0) is 0 Å². The van der Waals surface area contributed by atoms with Crippen molar-refractivity contribution in [2.24, 2.45) is 0 Å². The molecule has 2 rings (SSSR count). The molecule has 0 saturated heterocycles. The number of pyridine rings is 1. The van der Waals surface area contributed by atoms with Crippen molar-refractivity contribution in [1.29, 1.82) is 0 Å². The van der Waals surface area contributed by atoms with Crippen LogP contribution in [0.4, 0.5) is 11.5 Å². The van der Waals surface area contributed by atoms with E-state index in [2.05, 4.69) is 42.2 Å². The van der Waals surface area contributed by atoms with Crippen molar-refractivity contribution in [2.75, 3.05) is 5.32 Å². The van der Waals surface area contributed by atoms with Crippen molar-refractivity contribution in [1.82, 2.24) is 4.98 Å². The zero-order valence-corrected chi connectivity index (χ0v) is 12.9. The normalized spacial score (nSPS) is 10.4. The smallest absolute Gasteiger partial charge is 0.144 e. The number of nitrogens with zero attached hydrogens (tertiary/aromatic N) is 1. The lowest BCUT2D eigenvalue weighted by Gasteiger charge is -2.10. The van der Waals surface area contributed by atoms with E-state index in [1.165, 1.54) is 0 Å². The Morgan fingerprint density at radius 2 is 2.00 bits per heavy atom. The summed E-state index contributed by atoms with van der Waals surface area (Å²) in [5, 5.41) is 3.91. The average molecular weight is 376 g/mol. The summed E-state index contributed by atoms with van der Waals surface area (Å²) in [6.45, 7) is 2.02. The van der Waals surface area contributed by atoms with Crippen LogP contribution in [0.15, 0.2) is 39.4 Å². The molecular weight excluding hydrogens is 367 g/mol. The molecule has 0 saturated carbocycles. The van der Waals surface area contributed by atoms with Crippen LogP contribution < -0.4 is 5.32 Å². The van der Waals surface area contributed by atoms with Gasteiger partial charge in [0.05, 0.1) is 10.2 Å². The molecule has 88 valence electrons. The van der Waals surface area contributed by atoms with Gasteiger partial charge in [0.25, 0.3) is 0 Å². The van der Waals surface area contributed by atoms with Gasteiger partial charge in [-0.15, -0.1) is 0 Å². The lowest BCUT2D eigenvalue weighted by atomic mass is 10.3. The molecule has 17 heavy (non-hydrogen) atoms. The highest BCUT2D eigenvalue weighted by Gasteiger charge is 2.07. The van der Waals surface area contributed by atoms with Gasteiger partial charge >= 0.3 is 0 Å². The Hall–Kier alpha value is -0.580. The molecule has 0 aliphatic rings. The molecule has 0 fully saturated rings. The van der Waals surface area contributed by atoms with E-state index in [4.69, 9.17) is 11.6 Å². The summed E-state index contributed by atoms with van der Waals surface area (Å²) in [5.41, 5.74) is 2.01. The molecule has 5 heteroatoms. The van der Waals surface area contributed by atoms with Crippen molar-refractivity contribution in [3.05, 3.63) is 50.0 Å². The fourth-order valence-corrected chi connectivity index (χ4v) is 2.20. The van der Waals surface area contributed by atoms with Crippen molar-refractivity contribution >= 4 is 55.0 Å². The van der Waals surface area contributed by atoms with Gasteiger partial charge in [0.15, 0.2) is 0 Å². The summed E-state index contributed by atoms with van der Waals surface area (Å²) in [6, 6.07) is 7.52. The summed E-state index contributed by atoms with van der Waals surface area (Å²) in [6.07, 6.45) is 1.76. The highest BCUT2D eigenvalue weighted by molar-refractivity contribution is 9.11. The van der Waals surface area contributed by atoms with Crippen molar-refractivity contribution in [3.63, 3.8) is 0 Å². The van der Waals surface area contributed by atoms with Crippen LogP contribution >= 0.6 is 43.5 Å². The summed E-state index contributed by atoms with van der Waals surface area (Å²) >= 11 is 12.9. The van der Waals surface area contributed by atoms with Crippen LogP contribution in [0.2, 0.25) is 5.02 Å². The number of hydrogen-bond donors (Lipinski definition) is 1. The average Bonchev–Trinajstić information content (AvgIpc) is 2.30. The van der Waals surface area contributed by atoms with Crippen molar-refractivity contribution in [3.8, 4) is 0 Å². The first-order valence-electron chi connectivity index (χ1n) is 4.91. The highest BCUT2D eigenvalue weighted by Crippen LogP contribution is 2.31. The molecule has 0 aliphatic carbocycles. The quantitative estimate of drug-likeness (QED) is 0.768. The minimum absolute atomic E-state index is 0.680. The summed E-state index contributed by atoms with van der Waals surface area (Å²) in [5.74, 6) is 0.771. The zero-order chi connectivity index (χ0) is 12.4. The molecule has 1 aromatic heterocycles. The van der Waals surface area contributed by atoms with Crippen molar-refractivity contribution < 1.29 is 0 Å². The number of aromatic nitrogens is 1. The van der Waals surface area contributed by atoms with Crippen LogP contribution in [0.3, 0.4) is 0 Å². The summed E-state index contributed by atoms with van der Waals surface area (Å²) in [4.78, 5) is 4.28. The Morgan fingerprint density at radius 3 is 2.76 bits per heavy atom. The number of halogens is 3. The van der Waals surface area contributed by atoms with E-state index in [0.29, 0.717) is 5.02 Å². The maximum absolute atomic E-state index is 5.96. The van der Waals surface area contributed by atoms with Crippen LogP contribution in [0.5, 0.6) is 0 Å². The fraction of sp³-hybridized carbons (Fsp3) is 0.0833. The third kappa shape index (κ3) is 3.00. The van der Waals surface area contributed by atoms with Gasteiger partial charge in [-0.25, -0.2) is 4.98 Å². The minimum Gasteiger partial charge on any atom is -0.338 e. The predicted molar refractivity (Wildman–Crippen MR) is 79.1 cm³/mol. The van der Waals surface area contributed by atoms with E-state index >= 15 is 0 Å². The maximum Gasteiger partial charge on any atom is 0.144 e. The molecule has 0 unspecified atom stereocenters.